The SMILES string of the molecule is CC[C@H](O[Si](C)(C)C)[C@H](C)C(=O)OC. The van der Waals surface area contributed by atoms with Gasteiger partial charge >= 0.3 is 5.97 Å². The van der Waals surface area contributed by atoms with Gasteiger partial charge in [-0.05, 0) is 33.0 Å². The van der Waals surface area contributed by atoms with Crippen LogP contribution in [0.4, 0.5) is 0 Å². The van der Waals surface area contributed by atoms with E-state index in [-0.39, 0.29) is 18.0 Å². The molecule has 4 heteroatoms. The highest BCUT2D eigenvalue weighted by atomic mass is 28.4. The average molecular weight is 218 g/mol. The molecule has 0 heterocycles. The van der Waals surface area contributed by atoms with E-state index in [1.54, 1.807) is 0 Å². The van der Waals surface area contributed by atoms with E-state index >= 15 is 0 Å². The van der Waals surface area contributed by atoms with Crippen molar-refractivity contribution in [3.05, 3.63) is 0 Å². The molecule has 0 fully saturated rings. The van der Waals surface area contributed by atoms with E-state index in [0.29, 0.717) is 0 Å². The second-order valence-corrected chi connectivity index (χ2v) is 8.95. The van der Waals surface area contributed by atoms with Crippen molar-refractivity contribution >= 4 is 14.3 Å². The zero-order valence-corrected chi connectivity index (χ0v) is 11.1. The Balaban J connectivity index is 4.33. The van der Waals surface area contributed by atoms with Gasteiger partial charge in [0.1, 0.15) is 0 Å². The van der Waals surface area contributed by atoms with Crippen LogP contribution in [0.25, 0.3) is 0 Å². The lowest BCUT2D eigenvalue weighted by Gasteiger charge is -2.28. The summed E-state index contributed by atoms with van der Waals surface area (Å²) >= 11 is 0. The Morgan fingerprint density at radius 2 is 1.86 bits per heavy atom. The molecule has 0 radical (unpaired) electrons. The minimum atomic E-state index is -1.57. The van der Waals surface area contributed by atoms with E-state index in [1.807, 2.05) is 13.8 Å². The Morgan fingerprint density at radius 1 is 1.36 bits per heavy atom. The Labute approximate surface area is 87.9 Å². The fraction of sp³-hybridized carbons (Fsp3) is 0.900. The van der Waals surface area contributed by atoms with Crippen LogP contribution in [0.5, 0.6) is 0 Å². The van der Waals surface area contributed by atoms with Gasteiger partial charge in [0.25, 0.3) is 0 Å². The molecule has 0 aliphatic rings. The third-order valence-corrected chi connectivity index (χ3v) is 3.05. The van der Waals surface area contributed by atoms with Gasteiger partial charge in [-0.1, -0.05) is 6.92 Å². The van der Waals surface area contributed by atoms with Crippen LogP contribution in [-0.2, 0) is 14.0 Å². The largest absolute Gasteiger partial charge is 0.469 e. The molecule has 0 N–H and O–H groups in total. The van der Waals surface area contributed by atoms with Crippen LogP contribution in [0.15, 0.2) is 0 Å². The van der Waals surface area contributed by atoms with Gasteiger partial charge in [-0.3, -0.25) is 4.79 Å². The first kappa shape index (κ1) is 13.6. The first-order valence-corrected chi connectivity index (χ1v) is 8.48. The highest BCUT2D eigenvalue weighted by molar-refractivity contribution is 6.69. The Hall–Kier alpha value is -0.353. The number of hydrogen-bond donors (Lipinski definition) is 0. The molecule has 0 aromatic heterocycles. The average Bonchev–Trinajstić information content (AvgIpc) is 2.10. The van der Waals surface area contributed by atoms with E-state index in [2.05, 4.69) is 19.6 Å². The molecule has 3 nitrogen and oxygen atoms in total. The smallest absolute Gasteiger partial charge is 0.310 e. The monoisotopic (exact) mass is 218 g/mol. The van der Waals surface area contributed by atoms with Crippen molar-refractivity contribution in [3.8, 4) is 0 Å². The molecule has 0 unspecified atom stereocenters. The minimum Gasteiger partial charge on any atom is -0.469 e. The summed E-state index contributed by atoms with van der Waals surface area (Å²) in [6.45, 7) is 10.3. The molecule has 0 saturated heterocycles. The maximum Gasteiger partial charge on any atom is 0.310 e. The minimum absolute atomic E-state index is 0.00545. The van der Waals surface area contributed by atoms with Crippen molar-refractivity contribution in [3.63, 3.8) is 0 Å². The van der Waals surface area contributed by atoms with E-state index in [4.69, 9.17) is 9.16 Å². The highest BCUT2D eigenvalue weighted by Gasteiger charge is 2.28. The molecule has 0 bridgehead atoms. The van der Waals surface area contributed by atoms with Crippen LogP contribution < -0.4 is 0 Å². The quantitative estimate of drug-likeness (QED) is 0.525. The van der Waals surface area contributed by atoms with Gasteiger partial charge in [0.15, 0.2) is 8.32 Å². The molecule has 0 spiro atoms. The number of hydrogen-bond acceptors (Lipinski definition) is 3. The van der Waals surface area contributed by atoms with Crippen molar-refractivity contribution in [2.24, 2.45) is 5.92 Å². The maximum absolute atomic E-state index is 11.3. The molecule has 0 amide bonds. The zero-order chi connectivity index (χ0) is 11.4. The Bertz CT molecular complexity index is 186. The molecule has 0 rings (SSSR count). The van der Waals surface area contributed by atoms with Gasteiger partial charge in [-0.15, -0.1) is 0 Å². The first-order valence-electron chi connectivity index (χ1n) is 5.07. The van der Waals surface area contributed by atoms with Crippen LogP contribution >= 0.6 is 0 Å². The molecule has 0 aliphatic heterocycles. The van der Waals surface area contributed by atoms with Gasteiger partial charge in [0, 0.05) is 0 Å². The molecular formula is C10H22O3Si. The normalized spacial score (nSPS) is 16.1. The summed E-state index contributed by atoms with van der Waals surface area (Å²) in [6, 6.07) is 0. The van der Waals surface area contributed by atoms with E-state index in [9.17, 15) is 4.79 Å². The van der Waals surface area contributed by atoms with Crippen LogP contribution in [-0.4, -0.2) is 27.5 Å². The van der Waals surface area contributed by atoms with Gasteiger partial charge in [0.05, 0.1) is 19.1 Å². The van der Waals surface area contributed by atoms with Crippen molar-refractivity contribution < 1.29 is 14.0 Å². The molecule has 84 valence electrons. The second kappa shape index (κ2) is 5.51. The van der Waals surface area contributed by atoms with Gasteiger partial charge < -0.3 is 9.16 Å². The third kappa shape index (κ3) is 4.76. The highest BCUT2D eigenvalue weighted by Crippen LogP contribution is 2.18. The van der Waals surface area contributed by atoms with Gasteiger partial charge in [-0.25, -0.2) is 0 Å². The van der Waals surface area contributed by atoms with Gasteiger partial charge in [0.2, 0.25) is 0 Å². The van der Waals surface area contributed by atoms with Crippen molar-refractivity contribution in [1.82, 2.24) is 0 Å². The lowest BCUT2D eigenvalue weighted by atomic mass is 10.0. The summed E-state index contributed by atoms with van der Waals surface area (Å²) in [5.41, 5.74) is 0. The molecule has 2 atom stereocenters. The van der Waals surface area contributed by atoms with Crippen LogP contribution in [0, 0.1) is 5.92 Å². The lowest BCUT2D eigenvalue weighted by Crippen LogP contribution is -2.38. The predicted molar refractivity (Wildman–Crippen MR) is 59.7 cm³/mol. The lowest BCUT2D eigenvalue weighted by molar-refractivity contribution is -0.148. The van der Waals surface area contributed by atoms with E-state index in [1.165, 1.54) is 7.11 Å². The van der Waals surface area contributed by atoms with Crippen molar-refractivity contribution in [2.45, 2.75) is 46.0 Å². The molecule has 14 heavy (non-hydrogen) atoms. The summed E-state index contributed by atoms with van der Waals surface area (Å²) < 4.78 is 10.6. The topological polar surface area (TPSA) is 35.5 Å². The fourth-order valence-electron chi connectivity index (χ4n) is 1.33. The first-order chi connectivity index (χ1) is 6.31. The van der Waals surface area contributed by atoms with Gasteiger partial charge in [-0.2, -0.15) is 0 Å². The number of carbonyl (C=O) groups is 1. The number of ether oxygens (including phenoxy) is 1. The van der Waals surface area contributed by atoms with E-state index in [0.717, 1.165) is 6.42 Å². The van der Waals surface area contributed by atoms with Crippen molar-refractivity contribution in [2.75, 3.05) is 7.11 Å². The Kier molecular flexibility index (Phi) is 5.37. The Morgan fingerprint density at radius 3 is 2.14 bits per heavy atom. The van der Waals surface area contributed by atoms with Crippen molar-refractivity contribution in [1.29, 1.82) is 0 Å². The molecular weight excluding hydrogens is 196 g/mol. The standard InChI is InChI=1S/C10H22O3Si/c1-7-9(13-14(4,5)6)8(2)10(11)12-3/h8-9H,7H2,1-6H3/t8-,9-/m0/s1. The molecule has 0 aromatic rings. The summed E-state index contributed by atoms with van der Waals surface area (Å²) in [5.74, 6) is -0.355. The van der Waals surface area contributed by atoms with Crippen LogP contribution in [0.2, 0.25) is 19.6 Å². The number of rotatable bonds is 5. The third-order valence-electron chi connectivity index (χ3n) is 2.04. The molecule has 0 aromatic carbocycles. The summed E-state index contributed by atoms with van der Waals surface area (Å²) in [6.07, 6.45) is 0.842. The number of esters is 1. The van der Waals surface area contributed by atoms with Crippen LogP contribution in [0.3, 0.4) is 0 Å². The molecule has 0 aliphatic carbocycles. The number of carbonyl (C=O) groups excluding carboxylic acids is 1. The summed E-state index contributed by atoms with van der Waals surface area (Å²) in [7, 11) is -0.154. The fourth-order valence-corrected chi connectivity index (χ4v) is 2.61. The zero-order valence-electron chi connectivity index (χ0n) is 10.1. The summed E-state index contributed by atoms with van der Waals surface area (Å²) in [5, 5.41) is 0. The second-order valence-electron chi connectivity index (χ2n) is 4.49. The van der Waals surface area contributed by atoms with Crippen LogP contribution in [0.1, 0.15) is 20.3 Å². The maximum atomic E-state index is 11.3. The molecule has 0 saturated carbocycles. The summed E-state index contributed by atoms with van der Waals surface area (Å²) in [4.78, 5) is 11.3. The predicted octanol–water partition coefficient (Wildman–Crippen LogP) is 2.43. The van der Waals surface area contributed by atoms with E-state index < -0.39 is 8.32 Å². The number of methoxy groups -OCH3 is 1.